The SMILES string of the molecule is Cc1nc(-c2ccc(N3CCOCC3)cc2)cc2ncccc12. The molecule has 1 aromatic carbocycles. The predicted molar refractivity (Wildman–Crippen MR) is 92.7 cm³/mol. The van der Waals surface area contributed by atoms with E-state index in [1.165, 1.54) is 5.69 Å². The first-order valence-corrected chi connectivity index (χ1v) is 7.97. The lowest BCUT2D eigenvalue weighted by Crippen LogP contribution is -2.36. The van der Waals surface area contributed by atoms with Crippen molar-refractivity contribution >= 4 is 16.6 Å². The molecule has 116 valence electrons. The quantitative estimate of drug-likeness (QED) is 0.727. The van der Waals surface area contributed by atoms with Crippen LogP contribution in [0.15, 0.2) is 48.7 Å². The molecule has 0 spiro atoms. The van der Waals surface area contributed by atoms with Crippen LogP contribution in [0.25, 0.3) is 22.2 Å². The van der Waals surface area contributed by atoms with Gasteiger partial charge in [-0.3, -0.25) is 9.97 Å². The van der Waals surface area contributed by atoms with Crippen molar-refractivity contribution in [1.29, 1.82) is 0 Å². The van der Waals surface area contributed by atoms with Gasteiger partial charge in [0.1, 0.15) is 0 Å². The fourth-order valence-corrected chi connectivity index (χ4v) is 3.05. The largest absolute Gasteiger partial charge is 0.378 e. The van der Waals surface area contributed by atoms with Crippen molar-refractivity contribution in [3.05, 3.63) is 54.4 Å². The maximum Gasteiger partial charge on any atom is 0.0741 e. The molecule has 3 heterocycles. The lowest BCUT2D eigenvalue weighted by molar-refractivity contribution is 0.122. The normalized spacial score (nSPS) is 15.1. The fourth-order valence-electron chi connectivity index (χ4n) is 3.05. The molecule has 0 unspecified atom stereocenters. The van der Waals surface area contributed by atoms with Gasteiger partial charge in [0, 0.05) is 41.6 Å². The number of morpholine rings is 1. The van der Waals surface area contributed by atoms with E-state index in [0.717, 1.165) is 54.2 Å². The molecule has 1 fully saturated rings. The molecule has 0 bridgehead atoms. The minimum Gasteiger partial charge on any atom is -0.378 e. The van der Waals surface area contributed by atoms with Gasteiger partial charge in [-0.2, -0.15) is 0 Å². The molecule has 1 saturated heterocycles. The monoisotopic (exact) mass is 305 g/mol. The summed E-state index contributed by atoms with van der Waals surface area (Å²) < 4.78 is 5.41. The first-order valence-electron chi connectivity index (χ1n) is 7.97. The molecule has 1 aliphatic rings. The molecule has 3 aromatic rings. The molecule has 0 radical (unpaired) electrons. The molecular weight excluding hydrogens is 286 g/mol. The number of aryl methyl sites for hydroxylation is 1. The van der Waals surface area contributed by atoms with Crippen LogP contribution in [0.3, 0.4) is 0 Å². The van der Waals surface area contributed by atoms with Crippen LogP contribution in [0.1, 0.15) is 5.69 Å². The van der Waals surface area contributed by atoms with Crippen molar-refractivity contribution in [1.82, 2.24) is 9.97 Å². The zero-order valence-electron chi connectivity index (χ0n) is 13.2. The molecule has 2 aromatic heterocycles. The van der Waals surface area contributed by atoms with Crippen molar-refractivity contribution in [2.24, 2.45) is 0 Å². The molecule has 0 aliphatic carbocycles. The highest BCUT2D eigenvalue weighted by molar-refractivity contribution is 5.84. The lowest BCUT2D eigenvalue weighted by atomic mass is 10.1. The van der Waals surface area contributed by atoms with E-state index in [-0.39, 0.29) is 0 Å². The summed E-state index contributed by atoms with van der Waals surface area (Å²) in [5.74, 6) is 0. The lowest BCUT2D eigenvalue weighted by Gasteiger charge is -2.28. The number of ether oxygens (including phenoxy) is 1. The maximum atomic E-state index is 5.41. The smallest absolute Gasteiger partial charge is 0.0741 e. The van der Waals surface area contributed by atoms with Gasteiger partial charge >= 0.3 is 0 Å². The van der Waals surface area contributed by atoms with Crippen molar-refractivity contribution < 1.29 is 4.74 Å². The molecule has 1 aliphatic heterocycles. The molecule has 4 heteroatoms. The Bertz CT molecular complexity index is 824. The van der Waals surface area contributed by atoms with Crippen LogP contribution in [-0.4, -0.2) is 36.3 Å². The van der Waals surface area contributed by atoms with Crippen molar-refractivity contribution in [2.45, 2.75) is 6.92 Å². The fraction of sp³-hybridized carbons (Fsp3) is 0.263. The molecule has 4 nitrogen and oxygen atoms in total. The number of hydrogen-bond donors (Lipinski definition) is 0. The number of aromatic nitrogens is 2. The molecular formula is C19H19N3O. The van der Waals surface area contributed by atoms with Crippen LogP contribution in [0.2, 0.25) is 0 Å². The van der Waals surface area contributed by atoms with E-state index in [9.17, 15) is 0 Å². The average Bonchev–Trinajstić information content (AvgIpc) is 2.63. The predicted octanol–water partition coefficient (Wildman–Crippen LogP) is 3.44. The number of nitrogens with zero attached hydrogens (tertiary/aromatic N) is 3. The van der Waals surface area contributed by atoms with Gasteiger partial charge < -0.3 is 9.64 Å². The van der Waals surface area contributed by atoms with E-state index in [0.29, 0.717) is 0 Å². The van der Waals surface area contributed by atoms with Gasteiger partial charge in [0.2, 0.25) is 0 Å². The van der Waals surface area contributed by atoms with Gasteiger partial charge in [-0.05, 0) is 37.3 Å². The number of anilines is 1. The highest BCUT2D eigenvalue weighted by Gasteiger charge is 2.11. The van der Waals surface area contributed by atoms with Crippen molar-refractivity contribution in [3.63, 3.8) is 0 Å². The Balaban J connectivity index is 1.67. The summed E-state index contributed by atoms with van der Waals surface area (Å²) in [5.41, 5.74) is 5.35. The van der Waals surface area contributed by atoms with Gasteiger partial charge in [0.15, 0.2) is 0 Å². The minimum absolute atomic E-state index is 0.804. The molecule has 4 rings (SSSR count). The van der Waals surface area contributed by atoms with E-state index in [1.54, 1.807) is 0 Å². The summed E-state index contributed by atoms with van der Waals surface area (Å²) in [6.45, 7) is 5.56. The van der Waals surface area contributed by atoms with Crippen molar-refractivity contribution in [3.8, 4) is 11.3 Å². The Morgan fingerprint density at radius 1 is 1.04 bits per heavy atom. The van der Waals surface area contributed by atoms with Crippen LogP contribution in [0, 0.1) is 6.92 Å². The number of benzene rings is 1. The summed E-state index contributed by atoms with van der Waals surface area (Å²) in [6.07, 6.45) is 1.83. The molecule has 0 N–H and O–H groups in total. The Kier molecular flexibility index (Phi) is 3.67. The van der Waals surface area contributed by atoms with E-state index in [2.05, 4.69) is 46.3 Å². The standard InChI is InChI=1S/C19H19N3O/c1-14-17-3-2-8-20-19(17)13-18(21-14)15-4-6-16(7-5-15)22-9-11-23-12-10-22/h2-8,13H,9-12H2,1H3. The first-order chi connectivity index (χ1) is 11.3. The number of hydrogen-bond acceptors (Lipinski definition) is 4. The van der Waals surface area contributed by atoms with Gasteiger partial charge in [0.25, 0.3) is 0 Å². The van der Waals surface area contributed by atoms with Gasteiger partial charge in [-0.15, -0.1) is 0 Å². The second-order valence-electron chi connectivity index (χ2n) is 5.81. The highest BCUT2D eigenvalue weighted by atomic mass is 16.5. The van der Waals surface area contributed by atoms with Crippen LogP contribution in [0.4, 0.5) is 5.69 Å². The van der Waals surface area contributed by atoms with Crippen LogP contribution < -0.4 is 4.90 Å². The van der Waals surface area contributed by atoms with E-state index < -0.39 is 0 Å². The summed E-state index contributed by atoms with van der Waals surface area (Å²) >= 11 is 0. The Hall–Kier alpha value is -2.46. The molecule has 0 saturated carbocycles. The summed E-state index contributed by atoms with van der Waals surface area (Å²) in [7, 11) is 0. The average molecular weight is 305 g/mol. The second-order valence-corrected chi connectivity index (χ2v) is 5.81. The minimum atomic E-state index is 0.804. The zero-order valence-corrected chi connectivity index (χ0v) is 13.2. The van der Waals surface area contributed by atoms with E-state index in [1.807, 2.05) is 19.2 Å². The number of fused-ring (bicyclic) bond motifs is 1. The Morgan fingerprint density at radius 2 is 1.83 bits per heavy atom. The van der Waals surface area contributed by atoms with Gasteiger partial charge in [-0.1, -0.05) is 12.1 Å². The van der Waals surface area contributed by atoms with Crippen LogP contribution >= 0.6 is 0 Å². The van der Waals surface area contributed by atoms with Gasteiger partial charge in [0.05, 0.1) is 24.4 Å². The molecule has 23 heavy (non-hydrogen) atoms. The summed E-state index contributed by atoms with van der Waals surface area (Å²) in [4.78, 5) is 11.6. The zero-order chi connectivity index (χ0) is 15.6. The third-order valence-corrected chi connectivity index (χ3v) is 4.33. The second kappa shape index (κ2) is 5.97. The number of pyridine rings is 2. The van der Waals surface area contributed by atoms with E-state index in [4.69, 9.17) is 9.72 Å². The topological polar surface area (TPSA) is 38.2 Å². The summed E-state index contributed by atoms with van der Waals surface area (Å²) in [5, 5.41) is 1.11. The van der Waals surface area contributed by atoms with Crippen LogP contribution in [-0.2, 0) is 4.74 Å². The maximum absolute atomic E-state index is 5.41. The third kappa shape index (κ3) is 2.78. The highest BCUT2D eigenvalue weighted by Crippen LogP contribution is 2.25. The molecule has 0 atom stereocenters. The van der Waals surface area contributed by atoms with Gasteiger partial charge in [-0.25, -0.2) is 0 Å². The summed E-state index contributed by atoms with van der Waals surface area (Å²) in [6, 6.07) is 14.7. The van der Waals surface area contributed by atoms with Crippen LogP contribution in [0.5, 0.6) is 0 Å². The van der Waals surface area contributed by atoms with Crippen molar-refractivity contribution in [2.75, 3.05) is 31.2 Å². The molecule has 0 amide bonds. The Labute approximate surface area is 135 Å². The Morgan fingerprint density at radius 3 is 2.61 bits per heavy atom. The number of rotatable bonds is 2. The van der Waals surface area contributed by atoms with E-state index >= 15 is 0 Å². The third-order valence-electron chi connectivity index (χ3n) is 4.33. The first kappa shape index (κ1) is 14.2.